The van der Waals surface area contributed by atoms with E-state index in [0.717, 1.165) is 12.8 Å². The number of carbonyl (C=O) groups excluding carboxylic acids is 4. The van der Waals surface area contributed by atoms with Crippen LogP contribution in [0.2, 0.25) is 0 Å². The summed E-state index contributed by atoms with van der Waals surface area (Å²) in [6, 6.07) is 0. The molecule has 0 aromatic rings. The summed E-state index contributed by atoms with van der Waals surface area (Å²) in [5.41, 5.74) is -2.10. The molecule has 0 radical (unpaired) electrons. The summed E-state index contributed by atoms with van der Waals surface area (Å²) in [7, 11) is 1.40. The largest absolute Gasteiger partial charge is 0.469 e. The van der Waals surface area contributed by atoms with E-state index >= 15 is 0 Å². The van der Waals surface area contributed by atoms with E-state index in [-0.39, 0.29) is 77.8 Å². The molecule has 40 heavy (non-hydrogen) atoms. The van der Waals surface area contributed by atoms with Crippen LogP contribution < -0.4 is 0 Å². The van der Waals surface area contributed by atoms with E-state index in [1.165, 1.54) is 27.9 Å². The average molecular weight is 565 g/mol. The Hall–Kier alpha value is -2.16. The maximum absolute atomic E-state index is 12.5. The number of methoxy groups -OCH3 is 1. The van der Waals surface area contributed by atoms with Gasteiger partial charge in [-0.3, -0.25) is 19.2 Å². The van der Waals surface area contributed by atoms with Crippen LogP contribution in [0.3, 0.4) is 0 Å². The fourth-order valence-electron chi connectivity index (χ4n) is 9.78. The molecule has 0 spiro atoms. The van der Waals surface area contributed by atoms with Gasteiger partial charge in [-0.15, -0.1) is 0 Å². The molecule has 0 saturated heterocycles. The Morgan fingerprint density at radius 1 is 0.900 bits per heavy atom. The molecular formula is C31H48O9. The predicted molar refractivity (Wildman–Crippen MR) is 145 cm³/mol. The SMILES string of the molecule is COC(=O)CC[C@@H](C)[C@H]1CC[C@H]2[C@@H]3[C@H](OC(C)=O)C[C@]4(O)C[C@H](OC(C)=O)CC[C@]4(C)[C@H]3C[C@H](OC(C)=O)[C@]12C. The number of hydrogen-bond donors (Lipinski definition) is 1. The van der Waals surface area contributed by atoms with Crippen LogP contribution in [-0.2, 0) is 38.1 Å². The minimum absolute atomic E-state index is 0.00549. The average Bonchev–Trinajstić information content (AvgIpc) is 3.21. The van der Waals surface area contributed by atoms with E-state index in [9.17, 15) is 24.3 Å². The van der Waals surface area contributed by atoms with E-state index in [1.54, 1.807) is 0 Å². The van der Waals surface area contributed by atoms with Crippen LogP contribution in [0.25, 0.3) is 0 Å². The predicted octanol–water partition coefficient (Wildman–Crippen LogP) is 4.36. The summed E-state index contributed by atoms with van der Waals surface area (Å²) in [4.78, 5) is 48.5. The third kappa shape index (κ3) is 5.27. The Kier molecular flexibility index (Phi) is 8.66. The summed E-state index contributed by atoms with van der Waals surface area (Å²) in [6.45, 7) is 10.7. The minimum Gasteiger partial charge on any atom is -0.469 e. The van der Waals surface area contributed by atoms with Gasteiger partial charge in [-0.2, -0.15) is 0 Å². The zero-order chi connectivity index (χ0) is 29.6. The maximum atomic E-state index is 12.5. The summed E-state index contributed by atoms with van der Waals surface area (Å²) >= 11 is 0. The molecule has 0 unspecified atom stereocenters. The van der Waals surface area contributed by atoms with Gasteiger partial charge in [0.2, 0.25) is 0 Å². The molecule has 9 heteroatoms. The first kappa shape index (κ1) is 30.8. The minimum atomic E-state index is -1.20. The molecule has 226 valence electrons. The Morgan fingerprint density at radius 2 is 1.55 bits per heavy atom. The highest BCUT2D eigenvalue weighted by Gasteiger charge is 2.71. The van der Waals surface area contributed by atoms with Crippen LogP contribution in [0.15, 0.2) is 0 Å². The van der Waals surface area contributed by atoms with Crippen molar-refractivity contribution in [3.05, 3.63) is 0 Å². The van der Waals surface area contributed by atoms with Crippen molar-refractivity contribution in [2.45, 2.75) is 123 Å². The Morgan fingerprint density at radius 3 is 2.15 bits per heavy atom. The molecule has 0 aliphatic heterocycles. The normalized spacial score (nSPS) is 42.9. The molecule has 4 aliphatic rings. The number of carbonyl (C=O) groups is 4. The van der Waals surface area contributed by atoms with Gasteiger partial charge in [-0.1, -0.05) is 20.8 Å². The van der Waals surface area contributed by atoms with Crippen LogP contribution in [0, 0.1) is 40.4 Å². The van der Waals surface area contributed by atoms with Crippen molar-refractivity contribution in [3.8, 4) is 0 Å². The second-order valence-electron chi connectivity index (χ2n) is 13.5. The van der Waals surface area contributed by atoms with E-state index in [0.29, 0.717) is 32.1 Å². The molecule has 1 N–H and O–H groups in total. The van der Waals surface area contributed by atoms with Crippen molar-refractivity contribution in [3.63, 3.8) is 0 Å². The highest BCUT2D eigenvalue weighted by molar-refractivity contribution is 5.69. The van der Waals surface area contributed by atoms with Crippen molar-refractivity contribution < 1.29 is 43.2 Å². The first-order valence-electron chi connectivity index (χ1n) is 15.0. The molecule has 4 saturated carbocycles. The number of hydrogen-bond acceptors (Lipinski definition) is 9. The third-order valence-electron chi connectivity index (χ3n) is 11.6. The van der Waals surface area contributed by atoms with Crippen LogP contribution in [0.1, 0.15) is 99.3 Å². The van der Waals surface area contributed by atoms with Crippen molar-refractivity contribution in [1.82, 2.24) is 0 Å². The molecule has 0 amide bonds. The first-order valence-corrected chi connectivity index (χ1v) is 15.0. The molecule has 0 aromatic heterocycles. The number of fused-ring (bicyclic) bond motifs is 5. The lowest BCUT2D eigenvalue weighted by molar-refractivity contribution is -0.269. The molecule has 0 aromatic carbocycles. The Labute approximate surface area is 238 Å². The van der Waals surface area contributed by atoms with Gasteiger partial charge in [0.15, 0.2) is 0 Å². The quantitative estimate of drug-likeness (QED) is 0.354. The molecule has 11 atom stereocenters. The van der Waals surface area contributed by atoms with E-state index in [4.69, 9.17) is 18.9 Å². The number of ether oxygens (including phenoxy) is 4. The van der Waals surface area contributed by atoms with Crippen LogP contribution in [0.4, 0.5) is 0 Å². The molecular weight excluding hydrogens is 516 g/mol. The fourth-order valence-corrected chi connectivity index (χ4v) is 9.78. The summed E-state index contributed by atoms with van der Waals surface area (Å²) in [5.74, 6) is -0.858. The van der Waals surface area contributed by atoms with Gasteiger partial charge >= 0.3 is 23.9 Å². The van der Waals surface area contributed by atoms with Crippen molar-refractivity contribution >= 4 is 23.9 Å². The van der Waals surface area contributed by atoms with Crippen LogP contribution in [0.5, 0.6) is 0 Å². The van der Waals surface area contributed by atoms with Gasteiger partial charge in [0.1, 0.15) is 18.3 Å². The number of esters is 4. The highest BCUT2D eigenvalue weighted by atomic mass is 16.6. The maximum Gasteiger partial charge on any atom is 0.305 e. The zero-order valence-corrected chi connectivity index (χ0v) is 25.2. The number of aliphatic hydroxyl groups is 1. The van der Waals surface area contributed by atoms with Crippen molar-refractivity contribution in [2.24, 2.45) is 40.4 Å². The molecule has 0 bridgehead atoms. The van der Waals surface area contributed by atoms with Gasteiger partial charge in [0.25, 0.3) is 0 Å². The van der Waals surface area contributed by atoms with Gasteiger partial charge in [0, 0.05) is 56.8 Å². The second kappa shape index (κ2) is 11.3. The molecule has 9 nitrogen and oxygen atoms in total. The lowest BCUT2D eigenvalue weighted by Gasteiger charge is -2.66. The molecule has 4 fully saturated rings. The van der Waals surface area contributed by atoms with Crippen LogP contribution in [-0.4, -0.2) is 60.0 Å². The van der Waals surface area contributed by atoms with Gasteiger partial charge < -0.3 is 24.1 Å². The van der Waals surface area contributed by atoms with E-state index < -0.39 is 23.2 Å². The van der Waals surface area contributed by atoms with Gasteiger partial charge in [-0.05, 0) is 62.2 Å². The fraction of sp³-hybridized carbons (Fsp3) is 0.871. The standard InChI is InChI=1S/C31H48O9/c1-17(8-11-27(35)37-7)22-9-10-23-28-24(14-26(30(22,23)6)40-20(4)34)29(5)13-12-21(38-18(2)32)15-31(29,36)16-25(28)39-19(3)33/h17,21-26,28,36H,8-16H2,1-7H3/t17-,21-,22-,23+,24+,25-,26+,28+,29-,30-,31-/m1/s1. The van der Waals surface area contributed by atoms with E-state index in [1.807, 2.05) is 0 Å². The summed E-state index contributed by atoms with van der Waals surface area (Å²) in [6.07, 6.45) is 4.02. The third-order valence-corrected chi connectivity index (χ3v) is 11.6. The Bertz CT molecular complexity index is 1010. The van der Waals surface area contributed by atoms with Crippen molar-refractivity contribution in [1.29, 1.82) is 0 Å². The van der Waals surface area contributed by atoms with Gasteiger partial charge in [-0.25, -0.2) is 0 Å². The first-order chi connectivity index (χ1) is 18.7. The lowest BCUT2D eigenvalue weighted by Crippen LogP contribution is -2.69. The zero-order valence-electron chi connectivity index (χ0n) is 25.2. The van der Waals surface area contributed by atoms with Crippen molar-refractivity contribution in [2.75, 3.05) is 7.11 Å². The summed E-state index contributed by atoms with van der Waals surface area (Å²) in [5, 5.41) is 12.3. The monoisotopic (exact) mass is 564 g/mol. The highest BCUT2D eigenvalue weighted by Crippen LogP contribution is 2.70. The molecule has 4 aliphatic carbocycles. The second-order valence-corrected chi connectivity index (χ2v) is 13.5. The van der Waals surface area contributed by atoms with E-state index in [2.05, 4.69) is 20.8 Å². The van der Waals surface area contributed by atoms with Gasteiger partial charge in [0.05, 0.1) is 12.7 Å². The van der Waals surface area contributed by atoms with Crippen LogP contribution >= 0.6 is 0 Å². The smallest absolute Gasteiger partial charge is 0.305 e. The molecule has 4 rings (SSSR count). The Balaban J connectivity index is 1.73. The topological polar surface area (TPSA) is 125 Å². The number of rotatable bonds is 7. The molecule has 0 heterocycles. The lowest BCUT2D eigenvalue weighted by atomic mass is 9.41. The summed E-state index contributed by atoms with van der Waals surface area (Å²) < 4.78 is 22.6.